The number of hydrogen-bond acceptors (Lipinski definition) is 8. The highest BCUT2D eigenvalue weighted by Gasteiger charge is 2.32. The van der Waals surface area contributed by atoms with E-state index in [1.807, 2.05) is 6.07 Å². The van der Waals surface area contributed by atoms with E-state index in [2.05, 4.69) is 20.1 Å². The van der Waals surface area contributed by atoms with Crippen molar-refractivity contribution < 1.29 is 12.9 Å². The molecule has 1 fully saturated rings. The topological polar surface area (TPSA) is 146 Å². The fourth-order valence-electron chi connectivity index (χ4n) is 3.35. The minimum atomic E-state index is -3.64. The Morgan fingerprint density at radius 3 is 2.57 bits per heavy atom. The maximum absolute atomic E-state index is 12.8. The molecule has 11 heteroatoms. The number of piperidine rings is 1. The van der Waals surface area contributed by atoms with Crippen molar-refractivity contribution in [3.8, 4) is 17.5 Å². The summed E-state index contributed by atoms with van der Waals surface area (Å²) in [7, 11) is -3.64. The molecule has 0 bridgehead atoms. The normalized spacial score (nSPS) is 15.7. The highest BCUT2D eigenvalue weighted by molar-refractivity contribution is 7.89. The Morgan fingerprint density at radius 2 is 1.93 bits per heavy atom. The van der Waals surface area contributed by atoms with Crippen molar-refractivity contribution in [1.82, 2.24) is 24.4 Å². The van der Waals surface area contributed by atoms with E-state index in [-0.39, 0.29) is 27.8 Å². The zero-order chi connectivity index (χ0) is 21.3. The molecule has 0 aliphatic carbocycles. The van der Waals surface area contributed by atoms with Crippen molar-refractivity contribution in [3.63, 3.8) is 0 Å². The lowest BCUT2D eigenvalue weighted by molar-refractivity contribution is 0.271. The molecule has 1 aromatic carbocycles. The molecule has 10 nitrogen and oxygen atoms in total. The van der Waals surface area contributed by atoms with E-state index < -0.39 is 10.0 Å². The zero-order valence-corrected chi connectivity index (χ0v) is 16.9. The van der Waals surface area contributed by atoms with Gasteiger partial charge >= 0.3 is 0 Å². The number of aryl methyl sites for hydroxylation is 1. The third-order valence-corrected chi connectivity index (χ3v) is 6.95. The van der Waals surface area contributed by atoms with Gasteiger partial charge in [-0.3, -0.25) is 4.79 Å². The molecular weight excluding hydrogens is 408 g/mol. The Balaban J connectivity index is 1.46. The van der Waals surface area contributed by atoms with Gasteiger partial charge in [-0.25, -0.2) is 13.4 Å². The number of nitrogens with one attached hydrogen (secondary N) is 1. The van der Waals surface area contributed by atoms with E-state index in [1.165, 1.54) is 34.8 Å². The number of benzene rings is 1. The zero-order valence-electron chi connectivity index (χ0n) is 16.1. The lowest BCUT2D eigenvalue weighted by Crippen LogP contribution is -2.37. The molecule has 154 valence electrons. The van der Waals surface area contributed by atoms with Crippen molar-refractivity contribution in [3.05, 3.63) is 58.1 Å². The number of H-pyrrole nitrogens is 1. The quantitative estimate of drug-likeness (QED) is 0.661. The Bertz CT molecular complexity index is 1270. The predicted octanol–water partition coefficient (Wildman–Crippen LogP) is 1.57. The predicted molar refractivity (Wildman–Crippen MR) is 105 cm³/mol. The first kappa shape index (κ1) is 19.9. The van der Waals surface area contributed by atoms with Crippen molar-refractivity contribution in [2.45, 2.75) is 30.6 Å². The number of nitrogens with zero attached hydrogens (tertiary/aromatic N) is 5. The number of sulfonamides is 1. The maximum Gasteiger partial charge on any atom is 0.262 e. The van der Waals surface area contributed by atoms with E-state index >= 15 is 0 Å². The summed E-state index contributed by atoms with van der Waals surface area (Å²) in [5, 5.41) is 12.7. The SMILES string of the molecule is Cc1ncc(-c2noc(C3CCN(S(=O)(=O)c4ccc(C#N)cc4)CC3)n2)c(=O)[nH]1. The van der Waals surface area contributed by atoms with Crippen molar-refractivity contribution >= 4 is 10.0 Å². The molecule has 0 amide bonds. The first-order chi connectivity index (χ1) is 14.4. The number of aromatic nitrogens is 4. The van der Waals surface area contributed by atoms with Gasteiger partial charge in [0.25, 0.3) is 5.56 Å². The summed E-state index contributed by atoms with van der Waals surface area (Å²) < 4.78 is 32.4. The van der Waals surface area contributed by atoms with Crippen LogP contribution in [0, 0.1) is 18.3 Å². The third-order valence-electron chi connectivity index (χ3n) is 5.03. The van der Waals surface area contributed by atoms with Gasteiger partial charge in [0.2, 0.25) is 21.7 Å². The standard InChI is InChI=1S/C19H18N6O4S/c1-12-21-11-16(18(26)22-12)17-23-19(29-24-17)14-6-8-25(9-7-14)30(27,28)15-4-2-13(10-20)3-5-15/h2-5,11,14H,6-9H2,1H3,(H,21,22,26). The van der Waals surface area contributed by atoms with Crippen LogP contribution in [-0.2, 0) is 10.0 Å². The summed E-state index contributed by atoms with van der Waals surface area (Å²) in [5.74, 6) is 0.922. The first-order valence-corrected chi connectivity index (χ1v) is 10.7. The van der Waals surface area contributed by atoms with Crippen LogP contribution >= 0.6 is 0 Å². The third kappa shape index (κ3) is 3.74. The average molecular weight is 426 g/mol. The van der Waals surface area contributed by atoms with Crippen molar-refractivity contribution in [2.75, 3.05) is 13.1 Å². The fraction of sp³-hybridized carbons (Fsp3) is 0.316. The highest BCUT2D eigenvalue weighted by atomic mass is 32.2. The molecule has 0 spiro atoms. The Hall–Kier alpha value is -3.36. The van der Waals surface area contributed by atoms with Crippen LogP contribution in [0.1, 0.15) is 36.0 Å². The lowest BCUT2D eigenvalue weighted by atomic mass is 9.98. The highest BCUT2D eigenvalue weighted by Crippen LogP contribution is 2.30. The van der Waals surface area contributed by atoms with Crippen molar-refractivity contribution in [2.24, 2.45) is 0 Å². The van der Waals surface area contributed by atoms with E-state index in [1.54, 1.807) is 6.92 Å². The van der Waals surface area contributed by atoms with Crippen LogP contribution in [0.5, 0.6) is 0 Å². The van der Waals surface area contributed by atoms with Crippen LogP contribution in [0.2, 0.25) is 0 Å². The summed E-state index contributed by atoms with van der Waals surface area (Å²) >= 11 is 0. The Labute approximate surface area is 172 Å². The molecule has 30 heavy (non-hydrogen) atoms. The van der Waals surface area contributed by atoms with Gasteiger partial charge in [-0.15, -0.1) is 0 Å². The molecule has 1 aliphatic rings. The molecule has 0 radical (unpaired) electrons. The minimum absolute atomic E-state index is 0.101. The van der Waals surface area contributed by atoms with Gasteiger partial charge in [0, 0.05) is 25.2 Å². The summed E-state index contributed by atoms with van der Waals surface area (Å²) in [6.07, 6.45) is 2.43. The fourth-order valence-corrected chi connectivity index (χ4v) is 4.82. The summed E-state index contributed by atoms with van der Waals surface area (Å²) in [6, 6.07) is 7.83. The summed E-state index contributed by atoms with van der Waals surface area (Å²) in [6.45, 7) is 2.28. The monoisotopic (exact) mass is 426 g/mol. The lowest BCUT2D eigenvalue weighted by Gasteiger charge is -2.29. The van der Waals surface area contributed by atoms with Gasteiger partial charge < -0.3 is 9.51 Å². The second-order valence-corrected chi connectivity index (χ2v) is 8.92. The number of rotatable bonds is 4. The number of aromatic amines is 1. The molecule has 1 saturated heterocycles. The Morgan fingerprint density at radius 1 is 1.23 bits per heavy atom. The van der Waals surface area contributed by atoms with Gasteiger partial charge in [0.15, 0.2) is 0 Å². The molecule has 0 unspecified atom stereocenters. The van der Waals surface area contributed by atoms with E-state index in [0.29, 0.717) is 43.2 Å². The molecule has 1 aliphatic heterocycles. The number of hydrogen-bond donors (Lipinski definition) is 1. The van der Waals surface area contributed by atoms with Crippen LogP contribution in [0.3, 0.4) is 0 Å². The van der Waals surface area contributed by atoms with Gasteiger partial charge in [-0.05, 0) is 44.0 Å². The van der Waals surface area contributed by atoms with Crippen LogP contribution < -0.4 is 5.56 Å². The molecular formula is C19H18N6O4S. The molecule has 0 saturated carbocycles. The smallest absolute Gasteiger partial charge is 0.262 e. The second-order valence-electron chi connectivity index (χ2n) is 6.98. The maximum atomic E-state index is 12.8. The van der Waals surface area contributed by atoms with Gasteiger partial charge in [-0.1, -0.05) is 5.16 Å². The van der Waals surface area contributed by atoms with E-state index in [9.17, 15) is 13.2 Å². The van der Waals surface area contributed by atoms with Crippen LogP contribution in [0.4, 0.5) is 0 Å². The van der Waals surface area contributed by atoms with E-state index in [4.69, 9.17) is 9.78 Å². The van der Waals surface area contributed by atoms with Crippen molar-refractivity contribution in [1.29, 1.82) is 5.26 Å². The molecule has 2 aromatic heterocycles. The molecule has 3 heterocycles. The Kier molecular flexibility index (Phi) is 5.19. The van der Waals surface area contributed by atoms with Crippen LogP contribution in [0.25, 0.3) is 11.4 Å². The minimum Gasteiger partial charge on any atom is -0.339 e. The van der Waals surface area contributed by atoms with Gasteiger partial charge in [0.1, 0.15) is 11.4 Å². The van der Waals surface area contributed by atoms with Gasteiger partial charge in [0.05, 0.1) is 16.5 Å². The van der Waals surface area contributed by atoms with Gasteiger partial charge in [-0.2, -0.15) is 14.6 Å². The van der Waals surface area contributed by atoms with Crippen LogP contribution in [-0.4, -0.2) is 45.9 Å². The number of nitriles is 1. The first-order valence-electron chi connectivity index (χ1n) is 9.28. The average Bonchev–Trinajstić information content (AvgIpc) is 3.24. The molecule has 4 rings (SSSR count). The summed E-state index contributed by atoms with van der Waals surface area (Å²) in [5.41, 5.74) is 0.275. The second kappa shape index (κ2) is 7.81. The molecule has 0 atom stereocenters. The van der Waals surface area contributed by atoms with E-state index in [0.717, 1.165) is 0 Å². The summed E-state index contributed by atoms with van der Waals surface area (Å²) in [4.78, 5) is 23.2. The van der Waals surface area contributed by atoms with Crippen LogP contribution in [0.15, 0.2) is 44.7 Å². The molecule has 1 N–H and O–H groups in total. The largest absolute Gasteiger partial charge is 0.339 e. The molecule has 3 aromatic rings.